The fourth-order valence-electron chi connectivity index (χ4n) is 5.17. The van der Waals surface area contributed by atoms with Gasteiger partial charge in [-0.05, 0) is 6.42 Å². The summed E-state index contributed by atoms with van der Waals surface area (Å²) in [4.78, 5) is 0. The number of rotatable bonds is 27. The Balaban J connectivity index is 0. The molecule has 4 unspecified atom stereocenters. The molecule has 1 aliphatic heterocycles. The van der Waals surface area contributed by atoms with E-state index >= 15 is 0 Å². The topological polar surface area (TPSA) is 60.0 Å². The van der Waals surface area contributed by atoms with E-state index in [4.69, 9.17) is 26.8 Å². The molecule has 226 valence electrons. The quantitative estimate of drug-likeness (QED) is 0.106. The van der Waals surface area contributed by atoms with Gasteiger partial charge >= 0.3 is 51.4 Å². The second-order valence-electron chi connectivity index (χ2n) is 10.7. The van der Waals surface area contributed by atoms with Gasteiger partial charge in [0, 0.05) is 19.7 Å². The first-order chi connectivity index (χ1) is 18.7. The Bertz CT molecular complexity index is 460. The van der Waals surface area contributed by atoms with Crippen LogP contribution in [0.2, 0.25) is 0 Å². The van der Waals surface area contributed by atoms with Crippen LogP contribution in [0.15, 0.2) is 0 Å². The van der Waals surface area contributed by atoms with E-state index in [-0.39, 0.29) is 58.0 Å². The smallest absolute Gasteiger partial charge is 0.853 e. The Morgan fingerprint density at radius 2 is 1.03 bits per heavy atom. The molecule has 1 rings (SSSR count). The van der Waals surface area contributed by atoms with E-state index in [0.29, 0.717) is 13.2 Å². The van der Waals surface area contributed by atoms with Gasteiger partial charge in [-0.2, -0.15) is 0 Å². The normalized spacial score (nSPS) is 20.4. The number of unbranched alkanes of at least 4 members (excludes halogenated alkanes) is 19. The van der Waals surface area contributed by atoms with Crippen molar-refractivity contribution in [3.8, 4) is 0 Å². The number of hydrogen-bond acceptors (Lipinski definition) is 5. The van der Waals surface area contributed by atoms with E-state index in [1.165, 1.54) is 122 Å². The largest absolute Gasteiger partial charge is 1.00 e. The monoisotopic (exact) mass is 578 g/mol. The average Bonchev–Trinajstić information content (AvgIpc) is 3.26. The Kier molecular flexibility index (Phi) is 37.2. The molecule has 0 bridgehead atoms. The SMILES string of the molecule is CC.[B]C1OC(C[O-])C(OC)C1OCCOCCCCCCCCCCCCCCCCCCCCCC.[K+]. The van der Waals surface area contributed by atoms with Gasteiger partial charge in [-0.15, -0.1) is 6.61 Å². The molecule has 39 heavy (non-hydrogen) atoms. The zero-order valence-corrected chi connectivity index (χ0v) is 30.0. The first kappa shape index (κ1) is 42.6. The molecule has 0 amide bonds. The van der Waals surface area contributed by atoms with E-state index < -0.39 is 24.3 Å². The first-order valence-corrected chi connectivity index (χ1v) is 16.5. The maximum absolute atomic E-state index is 11.1. The van der Waals surface area contributed by atoms with Crippen molar-refractivity contribution in [2.24, 2.45) is 0 Å². The molecule has 0 spiro atoms. The molecule has 5 nitrogen and oxygen atoms in total. The summed E-state index contributed by atoms with van der Waals surface area (Å²) in [7, 11) is 7.46. The van der Waals surface area contributed by atoms with Crippen LogP contribution in [-0.4, -0.2) is 65.7 Å². The molecule has 1 fully saturated rings. The van der Waals surface area contributed by atoms with Crippen LogP contribution < -0.4 is 56.5 Å². The fraction of sp³-hybridized carbons (Fsp3) is 1.00. The van der Waals surface area contributed by atoms with Gasteiger partial charge in [0.15, 0.2) is 0 Å². The predicted molar refractivity (Wildman–Crippen MR) is 160 cm³/mol. The van der Waals surface area contributed by atoms with Crippen LogP contribution in [0.1, 0.15) is 149 Å². The maximum Gasteiger partial charge on any atom is 1.00 e. The number of ether oxygens (including phenoxy) is 4. The summed E-state index contributed by atoms with van der Waals surface area (Å²) >= 11 is 0. The molecule has 1 saturated heterocycles. The second-order valence-corrected chi connectivity index (χ2v) is 10.7. The third kappa shape index (κ3) is 24.6. The number of methoxy groups -OCH3 is 1. The molecule has 0 aromatic rings. The van der Waals surface area contributed by atoms with Gasteiger partial charge in [0.1, 0.15) is 20.1 Å². The standard InChI is InChI=1S/C30H58BO5.C2H6.K/c1-3-4-5-6-7-8-9-10-11-12-13-14-15-16-17-18-19-20-21-22-23-34-24-25-35-29-28(33-2)27(26-32)36-30(29)31;1-2;/h27-30H,3-26H2,1-2H3;1-2H3;/q-1;;+1. The minimum Gasteiger partial charge on any atom is -0.853 e. The summed E-state index contributed by atoms with van der Waals surface area (Å²) in [5, 5.41) is 11.1. The van der Waals surface area contributed by atoms with Gasteiger partial charge in [-0.3, -0.25) is 0 Å². The van der Waals surface area contributed by atoms with Gasteiger partial charge in [-0.25, -0.2) is 0 Å². The molecule has 1 aliphatic rings. The van der Waals surface area contributed by atoms with E-state index in [1.54, 1.807) is 7.11 Å². The third-order valence-corrected chi connectivity index (χ3v) is 7.46. The van der Waals surface area contributed by atoms with Crippen LogP contribution in [0.5, 0.6) is 0 Å². The predicted octanol–water partition coefficient (Wildman–Crippen LogP) is 4.51. The first-order valence-electron chi connectivity index (χ1n) is 16.5. The average molecular weight is 579 g/mol. The van der Waals surface area contributed by atoms with Crippen LogP contribution in [-0.2, 0) is 18.9 Å². The molecular formula is C32H64BKO5. The van der Waals surface area contributed by atoms with Crippen LogP contribution in [0.25, 0.3) is 0 Å². The third-order valence-electron chi connectivity index (χ3n) is 7.46. The van der Waals surface area contributed by atoms with Crippen molar-refractivity contribution in [3.63, 3.8) is 0 Å². The Labute approximate surface area is 287 Å². The van der Waals surface area contributed by atoms with Gasteiger partial charge in [0.05, 0.1) is 19.3 Å². The van der Waals surface area contributed by atoms with Crippen molar-refractivity contribution in [2.75, 3.05) is 33.5 Å². The summed E-state index contributed by atoms with van der Waals surface area (Å²) in [6.07, 6.45) is 26.5. The van der Waals surface area contributed by atoms with Crippen molar-refractivity contribution < 1.29 is 75.4 Å². The Morgan fingerprint density at radius 1 is 0.615 bits per heavy atom. The van der Waals surface area contributed by atoms with Gasteiger partial charge < -0.3 is 24.1 Å². The zero-order chi connectivity index (χ0) is 28.1. The summed E-state index contributed by atoms with van der Waals surface area (Å²) in [6.45, 7) is 7.65. The second kappa shape index (κ2) is 34.0. The van der Waals surface area contributed by atoms with Crippen molar-refractivity contribution in [1.82, 2.24) is 0 Å². The summed E-state index contributed by atoms with van der Waals surface area (Å²) in [6, 6.07) is -0.613. The molecule has 1 heterocycles. The maximum atomic E-state index is 11.1. The molecule has 0 N–H and O–H groups in total. The Hall–Kier alpha value is 1.50. The molecule has 2 radical (unpaired) electrons. The molecule has 4 atom stereocenters. The van der Waals surface area contributed by atoms with Gasteiger partial charge in [-0.1, -0.05) is 143 Å². The van der Waals surface area contributed by atoms with Crippen LogP contribution in [0, 0.1) is 0 Å². The van der Waals surface area contributed by atoms with Crippen LogP contribution in [0.3, 0.4) is 0 Å². The van der Waals surface area contributed by atoms with Crippen molar-refractivity contribution in [3.05, 3.63) is 0 Å². The molecule has 0 aliphatic carbocycles. The summed E-state index contributed by atoms with van der Waals surface area (Å²) < 4.78 is 22.2. The van der Waals surface area contributed by atoms with Gasteiger partial charge in [0.25, 0.3) is 0 Å². The van der Waals surface area contributed by atoms with E-state index in [1.807, 2.05) is 13.8 Å². The van der Waals surface area contributed by atoms with Gasteiger partial charge in [0.2, 0.25) is 0 Å². The van der Waals surface area contributed by atoms with Crippen LogP contribution in [0.4, 0.5) is 0 Å². The minimum atomic E-state index is -0.613. The molecule has 0 aromatic carbocycles. The fourth-order valence-corrected chi connectivity index (χ4v) is 5.17. The molecule has 0 saturated carbocycles. The van der Waals surface area contributed by atoms with E-state index in [9.17, 15) is 5.11 Å². The summed E-state index contributed by atoms with van der Waals surface area (Å²) in [5.74, 6) is 0. The zero-order valence-electron chi connectivity index (χ0n) is 26.9. The minimum absolute atomic E-state index is 0. The number of hydrogen-bond donors (Lipinski definition) is 0. The van der Waals surface area contributed by atoms with Crippen LogP contribution >= 0.6 is 0 Å². The van der Waals surface area contributed by atoms with Crippen molar-refractivity contribution >= 4 is 7.85 Å². The Morgan fingerprint density at radius 3 is 1.41 bits per heavy atom. The van der Waals surface area contributed by atoms with E-state index in [2.05, 4.69) is 6.92 Å². The van der Waals surface area contributed by atoms with Crippen molar-refractivity contribution in [1.29, 1.82) is 0 Å². The molecular weight excluding hydrogens is 514 g/mol. The van der Waals surface area contributed by atoms with E-state index in [0.717, 1.165) is 13.0 Å². The van der Waals surface area contributed by atoms with Crippen molar-refractivity contribution in [2.45, 2.75) is 174 Å². The molecule has 7 heteroatoms. The molecule has 0 aromatic heterocycles. The summed E-state index contributed by atoms with van der Waals surface area (Å²) in [5.41, 5.74) is 0.